The summed E-state index contributed by atoms with van der Waals surface area (Å²) in [5.74, 6) is 1.83. The first-order valence-electron chi connectivity index (χ1n) is 13.0. The summed E-state index contributed by atoms with van der Waals surface area (Å²) in [6, 6.07) is 15.3. The van der Waals surface area contributed by atoms with Crippen LogP contribution in [0.25, 0.3) is 0 Å². The molecule has 1 aliphatic rings. The minimum atomic E-state index is 0.244. The second kappa shape index (κ2) is 14.0. The summed E-state index contributed by atoms with van der Waals surface area (Å²) in [4.78, 5) is 16.0. The van der Waals surface area contributed by atoms with Gasteiger partial charge in [0.2, 0.25) is 17.8 Å². The maximum Gasteiger partial charge on any atom is 0.250 e. The molecule has 0 saturated carbocycles. The number of benzene rings is 3. The maximum atomic E-state index is 6.35. The molecule has 1 aliphatic heterocycles. The molecule has 1 aromatic heterocycles. The highest BCUT2D eigenvalue weighted by Gasteiger charge is 2.17. The molecule has 13 heteroatoms. The van der Waals surface area contributed by atoms with Crippen molar-refractivity contribution in [2.24, 2.45) is 5.10 Å². The van der Waals surface area contributed by atoms with E-state index in [1.54, 1.807) is 18.3 Å². The molecule has 0 unspecified atom stereocenters. The Morgan fingerprint density at radius 3 is 2.57 bits per heavy atom. The van der Waals surface area contributed by atoms with Crippen LogP contribution in [-0.2, 0) is 11.3 Å². The van der Waals surface area contributed by atoms with Crippen molar-refractivity contribution in [3.8, 4) is 5.75 Å². The summed E-state index contributed by atoms with van der Waals surface area (Å²) in [5.41, 5.74) is 7.62. The number of ether oxygens (including phenoxy) is 2. The Balaban J connectivity index is 1.39. The smallest absolute Gasteiger partial charge is 0.250 e. The Labute approximate surface area is 270 Å². The minimum absolute atomic E-state index is 0.244. The minimum Gasteiger partial charge on any atom is -0.487 e. The van der Waals surface area contributed by atoms with Crippen molar-refractivity contribution >= 4 is 84.8 Å². The first-order chi connectivity index (χ1) is 20.2. The molecule has 5 rings (SSSR count). The normalized spacial score (nSPS) is 13.4. The third-order valence-electron chi connectivity index (χ3n) is 6.35. The molecule has 0 amide bonds. The molecule has 2 N–H and O–H groups in total. The molecule has 0 atom stereocenters. The highest BCUT2D eigenvalue weighted by Crippen LogP contribution is 2.33. The summed E-state index contributed by atoms with van der Waals surface area (Å²) >= 11 is 19.5. The van der Waals surface area contributed by atoms with Gasteiger partial charge in [0, 0.05) is 44.4 Å². The van der Waals surface area contributed by atoms with Gasteiger partial charge >= 0.3 is 0 Å². The highest BCUT2D eigenvalue weighted by molar-refractivity contribution is 9.11. The van der Waals surface area contributed by atoms with Crippen LogP contribution in [0.2, 0.25) is 10.0 Å². The number of halogens is 4. The van der Waals surface area contributed by atoms with Crippen LogP contribution < -0.4 is 20.4 Å². The van der Waals surface area contributed by atoms with Crippen LogP contribution in [-0.4, -0.2) is 47.5 Å². The summed E-state index contributed by atoms with van der Waals surface area (Å²) in [5, 5.41) is 8.88. The van der Waals surface area contributed by atoms with Gasteiger partial charge in [0.1, 0.15) is 12.4 Å². The predicted octanol–water partition coefficient (Wildman–Crippen LogP) is 7.93. The number of anilines is 4. The van der Waals surface area contributed by atoms with Gasteiger partial charge in [-0.1, -0.05) is 57.3 Å². The third-order valence-corrected chi connectivity index (χ3v) is 7.98. The molecule has 2 heterocycles. The molecule has 3 aromatic carbocycles. The topological polar surface area (TPSA) is 96.8 Å². The Kier molecular flexibility index (Phi) is 10.2. The van der Waals surface area contributed by atoms with Crippen LogP contribution in [0, 0.1) is 13.8 Å². The van der Waals surface area contributed by atoms with Gasteiger partial charge in [0.05, 0.1) is 23.9 Å². The fourth-order valence-electron chi connectivity index (χ4n) is 4.14. The van der Waals surface area contributed by atoms with E-state index >= 15 is 0 Å². The third kappa shape index (κ3) is 7.90. The van der Waals surface area contributed by atoms with Crippen molar-refractivity contribution in [3.05, 3.63) is 89.8 Å². The number of rotatable bonds is 9. The number of hydrazone groups is 1. The van der Waals surface area contributed by atoms with Gasteiger partial charge in [-0.3, -0.25) is 0 Å². The Morgan fingerprint density at radius 1 is 1.00 bits per heavy atom. The number of aryl methyl sites for hydroxylation is 2. The van der Waals surface area contributed by atoms with E-state index in [0.717, 1.165) is 31.3 Å². The zero-order valence-corrected chi connectivity index (χ0v) is 27.5. The van der Waals surface area contributed by atoms with E-state index in [9.17, 15) is 0 Å². The fourth-order valence-corrected chi connectivity index (χ4v) is 5.98. The Hall–Kier alpha value is -2.96. The molecule has 218 valence electrons. The summed E-state index contributed by atoms with van der Waals surface area (Å²) in [6.07, 6.45) is 1.64. The number of nitrogens with one attached hydrogen (secondary N) is 2. The number of hydrogen-bond donors (Lipinski definition) is 2. The van der Waals surface area contributed by atoms with Gasteiger partial charge in [-0.15, -0.1) is 0 Å². The van der Waals surface area contributed by atoms with Gasteiger partial charge < -0.3 is 19.7 Å². The average molecular weight is 736 g/mol. The van der Waals surface area contributed by atoms with Crippen molar-refractivity contribution in [2.75, 3.05) is 41.9 Å². The second-order valence-electron chi connectivity index (χ2n) is 9.53. The highest BCUT2D eigenvalue weighted by atomic mass is 79.9. The first-order valence-corrected chi connectivity index (χ1v) is 15.4. The lowest BCUT2D eigenvalue weighted by Crippen LogP contribution is -2.37. The lowest BCUT2D eigenvalue weighted by molar-refractivity contribution is 0.122. The van der Waals surface area contributed by atoms with Gasteiger partial charge in [0.25, 0.3) is 0 Å². The fraction of sp³-hybridized carbons (Fsp3) is 0.241. The van der Waals surface area contributed by atoms with Gasteiger partial charge in [-0.05, 0) is 71.2 Å². The van der Waals surface area contributed by atoms with Crippen LogP contribution in [0.15, 0.2) is 62.6 Å². The zero-order chi connectivity index (χ0) is 29.6. The molecule has 0 spiro atoms. The monoisotopic (exact) mass is 733 g/mol. The summed E-state index contributed by atoms with van der Waals surface area (Å²) in [7, 11) is 0. The van der Waals surface area contributed by atoms with Crippen LogP contribution >= 0.6 is 55.1 Å². The molecule has 1 fully saturated rings. The molecule has 9 nitrogen and oxygen atoms in total. The standard InChI is InChI=1S/C29H27Br2Cl2N7O2/c1-17-3-4-18(2)25(11-17)35-27-36-28(38-29(37-27)40-7-9-41-10-8-40)39-34-15-20-12-21(30)13-23(31)26(20)42-16-19-5-6-22(32)14-24(19)33/h3-6,11-15H,7-10,16H2,1-2H3,(H2,35,36,37,38,39)/b34-15+. The van der Waals surface area contributed by atoms with E-state index in [1.807, 2.05) is 32.0 Å². The Morgan fingerprint density at radius 2 is 1.79 bits per heavy atom. The largest absolute Gasteiger partial charge is 0.487 e. The molecular formula is C29H27Br2Cl2N7O2. The van der Waals surface area contributed by atoms with E-state index in [2.05, 4.69) is 85.8 Å². The SMILES string of the molecule is Cc1ccc(C)c(Nc2nc(N/N=C/c3cc(Br)cc(Br)c3OCc3ccc(Cl)cc3Cl)nc(N3CCOCC3)n2)c1. The Bertz CT molecular complexity index is 1620. The van der Waals surface area contributed by atoms with Gasteiger partial charge in [0.15, 0.2) is 0 Å². The zero-order valence-electron chi connectivity index (χ0n) is 22.8. The molecule has 4 aromatic rings. The second-order valence-corrected chi connectivity index (χ2v) is 12.1. The van der Waals surface area contributed by atoms with Gasteiger partial charge in [-0.25, -0.2) is 5.43 Å². The van der Waals surface area contributed by atoms with Crippen molar-refractivity contribution in [3.63, 3.8) is 0 Å². The van der Waals surface area contributed by atoms with E-state index in [4.69, 9.17) is 32.7 Å². The summed E-state index contributed by atoms with van der Waals surface area (Å²) < 4.78 is 13.3. The molecule has 0 bridgehead atoms. The molecule has 0 aliphatic carbocycles. The van der Waals surface area contributed by atoms with E-state index in [1.165, 1.54) is 0 Å². The molecule has 0 radical (unpaired) electrons. The number of morpholine rings is 1. The maximum absolute atomic E-state index is 6.35. The van der Waals surface area contributed by atoms with E-state index in [-0.39, 0.29) is 6.61 Å². The lowest BCUT2D eigenvalue weighted by Gasteiger charge is -2.27. The van der Waals surface area contributed by atoms with E-state index < -0.39 is 0 Å². The molecule has 1 saturated heterocycles. The molecule has 42 heavy (non-hydrogen) atoms. The summed E-state index contributed by atoms with van der Waals surface area (Å²) in [6.45, 7) is 6.89. The van der Waals surface area contributed by atoms with Crippen molar-refractivity contribution in [1.29, 1.82) is 0 Å². The first kappa shape index (κ1) is 30.5. The molecular weight excluding hydrogens is 709 g/mol. The van der Waals surface area contributed by atoms with Crippen molar-refractivity contribution in [2.45, 2.75) is 20.5 Å². The number of nitrogens with zero attached hydrogens (tertiary/aromatic N) is 5. The average Bonchev–Trinajstić information content (AvgIpc) is 2.96. The predicted molar refractivity (Wildman–Crippen MR) is 176 cm³/mol. The number of hydrogen-bond acceptors (Lipinski definition) is 9. The van der Waals surface area contributed by atoms with Crippen LogP contribution in [0.3, 0.4) is 0 Å². The van der Waals surface area contributed by atoms with Crippen molar-refractivity contribution < 1.29 is 9.47 Å². The quantitative estimate of drug-likeness (QED) is 0.132. The van der Waals surface area contributed by atoms with Crippen LogP contribution in [0.4, 0.5) is 23.5 Å². The van der Waals surface area contributed by atoms with E-state index in [0.29, 0.717) is 65.5 Å². The van der Waals surface area contributed by atoms with Crippen LogP contribution in [0.5, 0.6) is 5.75 Å². The van der Waals surface area contributed by atoms with Crippen molar-refractivity contribution in [1.82, 2.24) is 15.0 Å². The van der Waals surface area contributed by atoms with Gasteiger partial charge in [-0.2, -0.15) is 20.1 Å². The van der Waals surface area contributed by atoms with Crippen LogP contribution in [0.1, 0.15) is 22.3 Å². The lowest BCUT2D eigenvalue weighted by atomic mass is 10.1. The number of aromatic nitrogens is 3.